The van der Waals surface area contributed by atoms with Crippen LogP contribution in [0.2, 0.25) is 0 Å². The number of benzene rings is 1. The van der Waals surface area contributed by atoms with Gasteiger partial charge in [-0.25, -0.2) is 9.78 Å². The maximum absolute atomic E-state index is 11.1. The normalized spacial score (nSPS) is 11.1. The lowest BCUT2D eigenvalue weighted by Crippen LogP contribution is -2.11. The number of aromatic amines is 1. The minimum Gasteiger partial charge on any atom is -0.478 e. The molecule has 0 radical (unpaired) electrons. The summed E-state index contributed by atoms with van der Waals surface area (Å²) in [6, 6.07) is 2.30. The maximum Gasteiger partial charge on any atom is 0.338 e. The number of imidazole rings is 1. The molecule has 0 spiro atoms. The van der Waals surface area contributed by atoms with E-state index in [2.05, 4.69) is 9.97 Å². The van der Waals surface area contributed by atoms with Crippen molar-refractivity contribution < 1.29 is 14.8 Å². The van der Waals surface area contributed by atoms with Gasteiger partial charge >= 0.3 is 5.97 Å². The van der Waals surface area contributed by atoms with E-state index in [9.17, 15) is 14.9 Å². The first-order chi connectivity index (χ1) is 8.88. The molecule has 0 fully saturated rings. The molecule has 0 aliphatic carbocycles. The monoisotopic (exact) mass is 264 g/mol. The topological polar surface area (TPSA) is 112 Å². The molecule has 100 valence electrons. The summed E-state index contributed by atoms with van der Waals surface area (Å²) in [4.78, 5) is 30.2. The van der Waals surface area contributed by atoms with Gasteiger partial charge in [0.05, 0.1) is 22.5 Å². The number of aromatic carboxylic acids is 1. The van der Waals surface area contributed by atoms with Crippen LogP contribution in [0.4, 0.5) is 5.69 Å². The number of hydrogen-bond donors (Lipinski definition) is 2. The molecule has 0 aliphatic heterocycles. The van der Waals surface area contributed by atoms with E-state index in [-0.39, 0.29) is 16.8 Å². The number of nitro groups is 1. The Morgan fingerprint density at radius 3 is 2.74 bits per heavy atom. The summed E-state index contributed by atoms with van der Waals surface area (Å²) in [6.45, 7) is 0.488. The van der Waals surface area contributed by atoms with Gasteiger partial charge in [0.15, 0.2) is 0 Å². The summed E-state index contributed by atoms with van der Waals surface area (Å²) in [5.41, 5.74) is 0.133. The van der Waals surface area contributed by atoms with Crippen LogP contribution in [0.25, 0.3) is 11.0 Å². The number of non-ortho nitro benzene ring substituents is 1. The van der Waals surface area contributed by atoms with E-state index in [4.69, 9.17) is 5.11 Å². The zero-order valence-corrected chi connectivity index (χ0v) is 10.4. The molecule has 0 amide bonds. The molecule has 2 aromatic rings. The molecule has 1 aromatic carbocycles. The van der Waals surface area contributed by atoms with Gasteiger partial charge in [0, 0.05) is 12.1 Å². The third-order valence-corrected chi connectivity index (χ3v) is 2.53. The second-order valence-electron chi connectivity index (χ2n) is 4.37. The van der Waals surface area contributed by atoms with Gasteiger partial charge in [0.25, 0.3) is 5.69 Å². The first-order valence-electron chi connectivity index (χ1n) is 5.43. The van der Waals surface area contributed by atoms with Crippen molar-refractivity contribution >= 4 is 22.7 Å². The van der Waals surface area contributed by atoms with Crippen molar-refractivity contribution in [1.29, 1.82) is 0 Å². The third-order valence-electron chi connectivity index (χ3n) is 2.53. The first-order valence-corrected chi connectivity index (χ1v) is 5.43. The van der Waals surface area contributed by atoms with Gasteiger partial charge in [-0.3, -0.25) is 10.1 Å². The van der Waals surface area contributed by atoms with Crippen LogP contribution in [0.1, 0.15) is 16.2 Å². The van der Waals surface area contributed by atoms with Crippen LogP contribution >= 0.6 is 0 Å². The maximum atomic E-state index is 11.1. The quantitative estimate of drug-likeness (QED) is 0.634. The fraction of sp³-hybridized carbons (Fsp3) is 0.273. The van der Waals surface area contributed by atoms with Crippen molar-refractivity contribution in [3.63, 3.8) is 0 Å². The van der Waals surface area contributed by atoms with E-state index >= 15 is 0 Å². The average Bonchev–Trinajstić information content (AvgIpc) is 2.67. The summed E-state index contributed by atoms with van der Waals surface area (Å²) in [5, 5.41) is 19.9. The molecule has 2 rings (SSSR count). The van der Waals surface area contributed by atoms with Crippen LogP contribution in [0.5, 0.6) is 0 Å². The Balaban J connectivity index is 2.64. The minimum absolute atomic E-state index is 0.176. The number of H-pyrrole nitrogens is 1. The Kier molecular flexibility index (Phi) is 3.17. The highest BCUT2D eigenvalue weighted by Crippen LogP contribution is 2.24. The van der Waals surface area contributed by atoms with Crippen molar-refractivity contribution in [3.05, 3.63) is 33.6 Å². The van der Waals surface area contributed by atoms with Gasteiger partial charge in [-0.05, 0) is 14.1 Å². The first kappa shape index (κ1) is 13.0. The molecule has 1 heterocycles. The minimum atomic E-state index is -1.24. The molecule has 8 nitrogen and oxygen atoms in total. The number of nitrogens with zero attached hydrogens (tertiary/aromatic N) is 3. The molecule has 0 saturated heterocycles. The molecular formula is C11H12N4O4. The van der Waals surface area contributed by atoms with Crippen LogP contribution in [0.3, 0.4) is 0 Å². The van der Waals surface area contributed by atoms with E-state index in [1.807, 2.05) is 19.0 Å². The zero-order chi connectivity index (χ0) is 14.2. The van der Waals surface area contributed by atoms with Crippen molar-refractivity contribution in [1.82, 2.24) is 14.9 Å². The highest BCUT2D eigenvalue weighted by Gasteiger charge is 2.19. The van der Waals surface area contributed by atoms with Crippen LogP contribution in [-0.4, -0.2) is 45.0 Å². The molecule has 8 heteroatoms. The summed E-state index contributed by atoms with van der Waals surface area (Å²) in [5.74, 6) is -0.681. The predicted octanol–water partition coefficient (Wildman–Crippen LogP) is 1.23. The van der Waals surface area contributed by atoms with Crippen LogP contribution in [0, 0.1) is 10.1 Å². The molecule has 0 bridgehead atoms. The Bertz CT molecular complexity index is 662. The van der Waals surface area contributed by atoms with E-state index < -0.39 is 10.9 Å². The lowest BCUT2D eigenvalue weighted by molar-refractivity contribution is -0.384. The van der Waals surface area contributed by atoms with Gasteiger partial charge in [0.1, 0.15) is 11.3 Å². The summed E-state index contributed by atoms with van der Waals surface area (Å²) in [6.07, 6.45) is 0. The van der Waals surface area contributed by atoms with Crippen LogP contribution < -0.4 is 0 Å². The number of rotatable bonds is 4. The molecule has 2 N–H and O–H groups in total. The molecular weight excluding hydrogens is 252 g/mol. The number of nitrogens with one attached hydrogen (secondary N) is 1. The van der Waals surface area contributed by atoms with Gasteiger partial charge in [-0.15, -0.1) is 0 Å². The largest absolute Gasteiger partial charge is 0.478 e. The fourth-order valence-electron chi connectivity index (χ4n) is 1.80. The number of carbonyl (C=O) groups is 1. The molecule has 0 aliphatic rings. The molecule has 0 unspecified atom stereocenters. The van der Waals surface area contributed by atoms with Gasteiger partial charge in [-0.1, -0.05) is 0 Å². The number of fused-ring (bicyclic) bond motifs is 1. The molecule has 19 heavy (non-hydrogen) atoms. The number of hydrogen-bond acceptors (Lipinski definition) is 5. The fourth-order valence-corrected chi connectivity index (χ4v) is 1.80. The summed E-state index contributed by atoms with van der Waals surface area (Å²) in [7, 11) is 3.68. The van der Waals surface area contributed by atoms with Crippen molar-refractivity contribution in [3.8, 4) is 0 Å². The predicted molar refractivity (Wildman–Crippen MR) is 67.1 cm³/mol. The number of nitro benzene ring substituents is 1. The second-order valence-corrected chi connectivity index (χ2v) is 4.37. The molecule has 1 aromatic heterocycles. The number of carboxylic acid groups (broad SMARTS) is 1. The van der Waals surface area contributed by atoms with Crippen LogP contribution in [0.15, 0.2) is 12.1 Å². The standard InChI is InChI=1S/C11H12N4O4/c1-14(2)5-9-12-8-4-6(15(18)19)3-7(11(16)17)10(8)13-9/h3-4H,5H2,1-2H3,(H,12,13)(H,16,17). The summed E-state index contributed by atoms with van der Waals surface area (Å²) < 4.78 is 0. The zero-order valence-electron chi connectivity index (χ0n) is 10.4. The van der Waals surface area contributed by atoms with Crippen molar-refractivity contribution in [2.45, 2.75) is 6.54 Å². The van der Waals surface area contributed by atoms with E-state index in [1.54, 1.807) is 0 Å². The summed E-state index contributed by atoms with van der Waals surface area (Å²) >= 11 is 0. The Hall–Kier alpha value is -2.48. The Morgan fingerprint density at radius 2 is 2.21 bits per heavy atom. The smallest absolute Gasteiger partial charge is 0.338 e. The highest BCUT2D eigenvalue weighted by molar-refractivity contribution is 6.02. The Labute approximate surface area is 107 Å². The SMILES string of the molecule is CN(C)Cc1nc2c(C(=O)O)cc([N+](=O)[O-])cc2[nH]1. The van der Waals surface area contributed by atoms with Gasteiger partial charge in [0.2, 0.25) is 0 Å². The number of aromatic nitrogens is 2. The van der Waals surface area contributed by atoms with E-state index in [1.165, 1.54) is 6.07 Å². The number of carboxylic acids is 1. The molecule has 0 saturated carbocycles. The Morgan fingerprint density at radius 1 is 1.53 bits per heavy atom. The third kappa shape index (κ3) is 2.52. The molecule has 0 atom stereocenters. The lowest BCUT2D eigenvalue weighted by Gasteiger charge is -2.04. The van der Waals surface area contributed by atoms with E-state index in [0.29, 0.717) is 17.9 Å². The van der Waals surface area contributed by atoms with E-state index in [0.717, 1.165) is 6.07 Å². The van der Waals surface area contributed by atoms with Crippen molar-refractivity contribution in [2.24, 2.45) is 0 Å². The lowest BCUT2D eigenvalue weighted by atomic mass is 10.1. The van der Waals surface area contributed by atoms with Gasteiger partial charge < -0.3 is 15.0 Å². The second kappa shape index (κ2) is 4.65. The van der Waals surface area contributed by atoms with Crippen molar-refractivity contribution in [2.75, 3.05) is 14.1 Å². The van der Waals surface area contributed by atoms with Crippen LogP contribution in [-0.2, 0) is 6.54 Å². The average molecular weight is 264 g/mol. The highest BCUT2D eigenvalue weighted by atomic mass is 16.6. The van der Waals surface area contributed by atoms with Gasteiger partial charge in [-0.2, -0.15) is 0 Å².